The number of likely N-dealkylation sites (tertiary alicyclic amines) is 1. The van der Waals surface area contributed by atoms with Gasteiger partial charge in [0, 0.05) is 12.1 Å². The minimum atomic E-state index is -0.177. The summed E-state index contributed by atoms with van der Waals surface area (Å²) < 4.78 is 10.4. The second-order valence-electron chi connectivity index (χ2n) is 7.05. The number of ether oxygens (including phenoxy) is 1. The first-order valence-electron chi connectivity index (χ1n) is 9.05. The molecule has 140 valence electrons. The number of rotatable bonds is 7. The molecule has 1 N–H and O–H groups in total. The van der Waals surface area contributed by atoms with Gasteiger partial charge in [-0.15, -0.1) is 0 Å². The third kappa shape index (κ3) is 4.60. The first-order valence-corrected chi connectivity index (χ1v) is 9.05. The van der Waals surface area contributed by atoms with Crippen LogP contribution in [0.25, 0.3) is 0 Å². The number of nitrogens with one attached hydrogen (secondary N) is 1. The Hall–Kier alpha value is -2.41. The van der Waals surface area contributed by atoms with E-state index in [4.69, 9.17) is 9.26 Å². The zero-order valence-corrected chi connectivity index (χ0v) is 15.6. The van der Waals surface area contributed by atoms with Crippen molar-refractivity contribution in [1.82, 2.24) is 15.0 Å². The minimum Gasteiger partial charge on any atom is -0.497 e. The van der Waals surface area contributed by atoms with E-state index >= 15 is 0 Å². The lowest BCUT2D eigenvalue weighted by molar-refractivity contribution is -0.120. The third-order valence-electron chi connectivity index (χ3n) is 4.46. The van der Waals surface area contributed by atoms with Crippen LogP contribution < -0.4 is 10.1 Å². The minimum absolute atomic E-state index is 0.00133. The number of methoxy groups -OCH3 is 1. The molecule has 1 fully saturated rings. The van der Waals surface area contributed by atoms with Gasteiger partial charge in [0.05, 0.1) is 19.7 Å². The quantitative estimate of drug-likeness (QED) is 0.820. The fourth-order valence-electron chi connectivity index (χ4n) is 3.18. The third-order valence-corrected chi connectivity index (χ3v) is 4.46. The summed E-state index contributed by atoms with van der Waals surface area (Å²) in [7, 11) is 1.62. The molecule has 0 saturated carbocycles. The second kappa shape index (κ2) is 8.31. The molecular weight excluding hydrogens is 332 g/mol. The number of hydrogen-bond donors (Lipinski definition) is 1. The van der Waals surface area contributed by atoms with Crippen LogP contribution in [0.1, 0.15) is 38.4 Å². The summed E-state index contributed by atoms with van der Waals surface area (Å²) in [5, 5.41) is 7.04. The van der Waals surface area contributed by atoms with Crippen molar-refractivity contribution in [2.24, 2.45) is 5.92 Å². The predicted octanol–water partition coefficient (Wildman–Crippen LogP) is 2.88. The van der Waals surface area contributed by atoms with Crippen LogP contribution in [0.2, 0.25) is 0 Å². The van der Waals surface area contributed by atoms with E-state index in [1.54, 1.807) is 7.11 Å². The van der Waals surface area contributed by atoms with E-state index in [9.17, 15) is 4.79 Å². The average Bonchev–Trinajstić information content (AvgIpc) is 3.25. The smallest absolute Gasteiger partial charge is 0.241 e. The van der Waals surface area contributed by atoms with Crippen molar-refractivity contribution >= 4 is 11.6 Å². The summed E-state index contributed by atoms with van der Waals surface area (Å²) >= 11 is 0. The van der Waals surface area contributed by atoms with Crippen molar-refractivity contribution in [3.63, 3.8) is 0 Å². The molecule has 1 atom stereocenters. The topological polar surface area (TPSA) is 80.5 Å². The molecule has 2 aromatic rings. The predicted molar refractivity (Wildman–Crippen MR) is 97.9 cm³/mol. The molecule has 7 nitrogen and oxygen atoms in total. The molecule has 1 aliphatic rings. The number of benzene rings is 1. The second-order valence-corrected chi connectivity index (χ2v) is 7.05. The van der Waals surface area contributed by atoms with Gasteiger partial charge in [0.1, 0.15) is 5.75 Å². The molecule has 0 radical (unpaired) electrons. The summed E-state index contributed by atoms with van der Waals surface area (Å²) in [4.78, 5) is 19.2. The SMILES string of the molecule is COc1ccc(NC(=O)[C@@H]2CCCN2Cc2noc(CC(C)C)n2)cc1. The van der Waals surface area contributed by atoms with Crippen LogP contribution in [-0.4, -0.2) is 40.6 Å². The Balaban J connectivity index is 1.59. The molecule has 1 aromatic carbocycles. The van der Waals surface area contributed by atoms with Gasteiger partial charge >= 0.3 is 0 Å². The Bertz CT molecular complexity index is 727. The summed E-state index contributed by atoms with van der Waals surface area (Å²) in [6.07, 6.45) is 2.59. The van der Waals surface area contributed by atoms with E-state index in [1.807, 2.05) is 24.3 Å². The number of carbonyl (C=O) groups is 1. The lowest BCUT2D eigenvalue weighted by Crippen LogP contribution is -2.39. The van der Waals surface area contributed by atoms with E-state index in [0.29, 0.717) is 24.2 Å². The van der Waals surface area contributed by atoms with Gasteiger partial charge in [-0.25, -0.2) is 0 Å². The van der Waals surface area contributed by atoms with Crippen molar-refractivity contribution in [3.8, 4) is 5.75 Å². The lowest BCUT2D eigenvalue weighted by Gasteiger charge is -2.22. The maximum Gasteiger partial charge on any atom is 0.241 e. The molecule has 1 aliphatic heterocycles. The van der Waals surface area contributed by atoms with E-state index in [2.05, 4.69) is 34.2 Å². The van der Waals surface area contributed by atoms with Crippen molar-refractivity contribution in [3.05, 3.63) is 36.0 Å². The summed E-state index contributed by atoms with van der Waals surface area (Å²) in [6.45, 7) is 5.62. The summed E-state index contributed by atoms with van der Waals surface area (Å²) in [5.41, 5.74) is 0.765. The lowest BCUT2D eigenvalue weighted by atomic mass is 10.1. The van der Waals surface area contributed by atoms with Crippen molar-refractivity contribution in [1.29, 1.82) is 0 Å². The van der Waals surface area contributed by atoms with Crippen molar-refractivity contribution < 1.29 is 14.1 Å². The summed E-state index contributed by atoms with van der Waals surface area (Å²) in [6, 6.07) is 7.17. The first-order chi connectivity index (χ1) is 12.5. The first kappa shape index (κ1) is 18.4. The largest absolute Gasteiger partial charge is 0.497 e. The van der Waals surface area contributed by atoms with Gasteiger partial charge < -0.3 is 14.6 Å². The maximum absolute atomic E-state index is 12.7. The molecule has 0 spiro atoms. The molecule has 0 bridgehead atoms. The number of hydrogen-bond acceptors (Lipinski definition) is 6. The number of amides is 1. The number of nitrogens with zero attached hydrogens (tertiary/aromatic N) is 3. The highest BCUT2D eigenvalue weighted by molar-refractivity contribution is 5.95. The van der Waals surface area contributed by atoms with Crippen LogP contribution in [0, 0.1) is 5.92 Å². The highest BCUT2D eigenvalue weighted by atomic mass is 16.5. The number of carbonyl (C=O) groups excluding carboxylic acids is 1. The highest BCUT2D eigenvalue weighted by Gasteiger charge is 2.31. The molecule has 26 heavy (non-hydrogen) atoms. The van der Waals surface area contributed by atoms with E-state index in [1.165, 1.54) is 0 Å². The van der Waals surface area contributed by atoms with Crippen LogP contribution >= 0.6 is 0 Å². The molecule has 1 saturated heterocycles. The zero-order chi connectivity index (χ0) is 18.5. The molecule has 1 amide bonds. The Morgan fingerprint density at radius 3 is 2.85 bits per heavy atom. The van der Waals surface area contributed by atoms with Crippen molar-refractivity contribution in [2.75, 3.05) is 19.0 Å². The van der Waals surface area contributed by atoms with Crippen molar-refractivity contribution in [2.45, 2.75) is 45.7 Å². The van der Waals surface area contributed by atoms with Gasteiger partial charge in [-0.1, -0.05) is 19.0 Å². The van der Waals surface area contributed by atoms with E-state index in [0.717, 1.165) is 37.2 Å². The van der Waals surface area contributed by atoms with Gasteiger partial charge in [-0.05, 0) is 49.6 Å². The fraction of sp³-hybridized carbons (Fsp3) is 0.526. The van der Waals surface area contributed by atoms with Crippen LogP contribution in [0.4, 0.5) is 5.69 Å². The van der Waals surface area contributed by atoms with Crippen LogP contribution in [0.3, 0.4) is 0 Å². The highest BCUT2D eigenvalue weighted by Crippen LogP contribution is 2.22. The maximum atomic E-state index is 12.7. The zero-order valence-electron chi connectivity index (χ0n) is 15.6. The monoisotopic (exact) mass is 358 g/mol. The van der Waals surface area contributed by atoms with Crippen LogP contribution in [-0.2, 0) is 17.8 Å². The van der Waals surface area contributed by atoms with Crippen LogP contribution in [0.15, 0.2) is 28.8 Å². The molecular formula is C19H26N4O3. The van der Waals surface area contributed by atoms with Gasteiger partial charge in [-0.2, -0.15) is 4.98 Å². The Morgan fingerprint density at radius 2 is 2.15 bits per heavy atom. The standard InChI is InChI=1S/C19H26N4O3/c1-13(2)11-18-21-17(22-26-18)12-23-10-4-5-16(23)19(24)20-14-6-8-15(25-3)9-7-14/h6-9,13,16H,4-5,10-12H2,1-3H3,(H,20,24)/t16-/m0/s1. The Labute approximate surface area is 153 Å². The van der Waals surface area contributed by atoms with E-state index < -0.39 is 0 Å². The molecule has 0 unspecified atom stereocenters. The number of aromatic nitrogens is 2. The molecule has 0 aliphatic carbocycles. The normalized spacial score (nSPS) is 17.6. The molecule has 7 heteroatoms. The van der Waals surface area contributed by atoms with E-state index in [-0.39, 0.29) is 11.9 Å². The van der Waals surface area contributed by atoms with Gasteiger partial charge in [0.2, 0.25) is 11.8 Å². The van der Waals surface area contributed by atoms with Gasteiger partial charge in [0.25, 0.3) is 0 Å². The molecule has 2 heterocycles. The number of anilines is 1. The summed E-state index contributed by atoms with van der Waals surface area (Å²) in [5.74, 6) is 2.54. The Kier molecular flexibility index (Phi) is 5.88. The molecule has 1 aromatic heterocycles. The molecule has 3 rings (SSSR count). The van der Waals surface area contributed by atoms with Gasteiger partial charge in [-0.3, -0.25) is 9.69 Å². The Morgan fingerprint density at radius 1 is 1.38 bits per heavy atom. The fourth-order valence-corrected chi connectivity index (χ4v) is 3.18. The van der Waals surface area contributed by atoms with Gasteiger partial charge in [0.15, 0.2) is 5.82 Å². The van der Waals surface area contributed by atoms with Crippen LogP contribution in [0.5, 0.6) is 5.75 Å². The average molecular weight is 358 g/mol.